The maximum atomic E-state index is 11.8. The second kappa shape index (κ2) is 4.97. The highest BCUT2D eigenvalue weighted by molar-refractivity contribution is 5.82. The van der Waals surface area contributed by atoms with E-state index in [4.69, 9.17) is 5.73 Å². The number of carbonyl (C=O) groups is 1. The van der Waals surface area contributed by atoms with E-state index in [1.807, 2.05) is 0 Å². The molecule has 1 saturated carbocycles. The summed E-state index contributed by atoms with van der Waals surface area (Å²) in [6.45, 7) is 6.29. The van der Waals surface area contributed by atoms with Crippen molar-refractivity contribution in [3.8, 4) is 0 Å². The molecule has 88 valence electrons. The van der Waals surface area contributed by atoms with Crippen LogP contribution in [0, 0.1) is 5.92 Å². The monoisotopic (exact) mass is 212 g/mol. The van der Waals surface area contributed by atoms with E-state index in [0.717, 1.165) is 19.3 Å². The van der Waals surface area contributed by atoms with Crippen molar-refractivity contribution < 1.29 is 4.79 Å². The molecule has 0 aromatic rings. The summed E-state index contributed by atoms with van der Waals surface area (Å²) in [6.07, 6.45) is 5.38. The minimum absolute atomic E-state index is 0.0142. The van der Waals surface area contributed by atoms with Gasteiger partial charge in [-0.05, 0) is 39.0 Å². The van der Waals surface area contributed by atoms with E-state index in [1.54, 1.807) is 0 Å². The Morgan fingerprint density at radius 3 is 2.60 bits per heavy atom. The average Bonchev–Trinajstić information content (AvgIpc) is 2.96. The summed E-state index contributed by atoms with van der Waals surface area (Å²) in [5.74, 6) is 0.667. The van der Waals surface area contributed by atoms with Gasteiger partial charge in [-0.3, -0.25) is 4.79 Å². The molecular formula is C12H24N2O. The Morgan fingerprint density at radius 2 is 2.13 bits per heavy atom. The Bertz CT molecular complexity index is 222. The summed E-state index contributed by atoms with van der Waals surface area (Å²) in [4.78, 5) is 11.8. The van der Waals surface area contributed by atoms with Crippen molar-refractivity contribution >= 4 is 5.91 Å². The largest absolute Gasteiger partial charge is 0.350 e. The molecule has 3 heteroatoms. The molecule has 1 aliphatic carbocycles. The van der Waals surface area contributed by atoms with Gasteiger partial charge in [0.25, 0.3) is 0 Å². The highest BCUT2D eigenvalue weighted by Crippen LogP contribution is 2.39. The molecule has 1 amide bonds. The first-order chi connectivity index (χ1) is 6.97. The number of carbonyl (C=O) groups excluding carboxylic acids is 1. The van der Waals surface area contributed by atoms with E-state index in [9.17, 15) is 4.79 Å². The molecule has 0 aromatic heterocycles. The normalized spacial score (nSPS) is 18.7. The highest BCUT2D eigenvalue weighted by atomic mass is 16.2. The fraction of sp³-hybridized carbons (Fsp3) is 0.917. The van der Waals surface area contributed by atoms with Crippen LogP contribution in [-0.4, -0.2) is 17.5 Å². The van der Waals surface area contributed by atoms with Gasteiger partial charge in [-0.25, -0.2) is 0 Å². The van der Waals surface area contributed by atoms with Gasteiger partial charge in [-0.1, -0.05) is 19.8 Å². The number of nitrogens with one attached hydrogen (secondary N) is 1. The van der Waals surface area contributed by atoms with E-state index >= 15 is 0 Å². The number of unbranched alkanes of at least 4 members (excludes halogenated alkanes) is 1. The van der Waals surface area contributed by atoms with E-state index in [0.29, 0.717) is 5.92 Å². The molecule has 15 heavy (non-hydrogen) atoms. The van der Waals surface area contributed by atoms with Crippen LogP contribution in [0.1, 0.15) is 52.9 Å². The van der Waals surface area contributed by atoms with Crippen molar-refractivity contribution in [3.63, 3.8) is 0 Å². The Morgan fingerprint density at radius 1 is 1.53 bits per heavy atom. The van der Waals surface area contributed by atoms with Gasteiger partial charge in [0.15, 0.2) is 0 Å². The Balaban J connectivity index is 2.33. The number of rotatable bonds is 6. The van der Waals surface area contributed by atoms with Crippen LogP contribution in [0.15, 0.2) is 0 Å². The summed E-state index contributed by atoms with van der Waals surface area (Å²) in [5, 5.41) is 3.06. The zero-order valence-corrected chi connectivity index (χ0v) is 10.2. The third-order valence-corrected chi connectivity index (χ3v) is 3.25. The van der Waals surface area contributed by atoms with Crippen LogP contribution >= 0.6 is 0 Å². The van der Waals surface area contributed by atoms with Gasteiger partial charge in [0.2, 0.25) is 5.91 Å². The fourth-order valence-electron chi connectivity index (χ4n) is 1.87. The lowest BCUT2D eigenvalue weighted by molar-refractivity contribution is -0.124. The Labute approximate surface area is 92.8 Å². The zero-order chi connectivity index (χ0) is 11.5. The van der Waals surface area contributed by atoms with Gasteiger partial charge in [-0.15, -0.1) is 0 Å². The van der Waals surface area contributed by atoms with Gasteiger partial charge < -0.3 is 11.1 Å². The molecule has 0 bridgehead atoms. The summed E-state index contributed by atoms with van der Waals surface area (Å²) in [6, 6.07) is -0.331. The minimum Gasteiger partial charge on any atom is -0.350 e. The van der Waals surface area contributed by atoms with Crippen molar-refractivity contribution in [1.82, 2.24) is 5.32 Å². The van der Waals surface area contributed by atoms with E-state index < -0.39 is 0 Å². The molecule has 3 nitrogen and oxygen atoms in total. The van der Waals surface area contributed by atoms with Crippen LogP contribution < -0.4 is 11.1 Å². The lowest BCUT2D eigenvalue weighted by atomic mass is 9.97. The highest BCUT2D eigenvalue weighted by Gasteiger charge is 2.39. The first kappa shape index (κ1) is 12.5. The lowest BCUT2D eigenvalue weighted by Gasteiger charge is -2.27. The first-order valence-corrected chi connectivity index (χ1v) is 6.05. The molecule has 1 fully saturated rings. The first-order valence-electron chi connectivity index (χ1n) is 6.05. The molecule has 0 saturated heterocycles. The quantitative estimate of drug-likeness (QED) is 0.705. The number of nitrogens with two attached hydrogens (primary N) is 1. The van der Waals surface area contributed by atoms with Crippen molar-refractivity contribution in [1.29, 1.82) is 0 Å². The molecule has 0 unspecified atom stereocenters. The van der Waals surface area contributed by atoms with Gasteiger partial charge in [0.1, 0.15) is 0 Å². The zero-order valence-electron chi connectivity index (χ0n) is 10.2. The third-order valence-electron chi connectivity index (χ3n) is 3.25. The predicted octanol–water partition coefficient (Wildman–Crippen LogP) is 1.81. The van der Waals surface area contributed by atoms with Crippen LogP contribution in [0.4, 0.5) is 0 Å². The number of amides is 1. The van der Waals surface area contributed by atoms with Crippen LogP contribution in [0.5, 0.6) is 0 Å². The number of hydrogen-bond donors (Lipinski definition) is 2. The van der Waals surface area contributed by atoms with E-state index in [-0.39, 0.29) is 17.5 Å². The molecule has 0 heterocycles. The predicted molar refractivity (Wildman–Crippen MR) is 62.4 cm³/mol. The molecule has 1 aliphatic rings. The second-order valence-electron chi connectivity index (χ2n) is 5.23. The molecule has 0 radical (unpaired) electrons. The van der Waals surface area contributed by atoms with Crippen LogP contribution in [0.25, 0.3) is 0 Å². The molecule has 0 aromatic carbocycles. The molecule has 3 N–H and O–H groups in total. The topological polar surface area (TPSA) is 55.1 Å². The second-order valence-corrected chi connectivity index (χ2v) is 5.23. The lowest BCUT2D eigenvalue weighted by Crippen LogP contribution is -2.51. The number of hydrogen-bond acceptors (Lipinski definition) is 2. The molecule has 0 aliphatic heterocycles. The maximum Gasteiger partial charge on any atom is 0.237 e. The maximum absolute atomic E-state index is 11.8. The smallest absolute Gasteiger partial charge is 0.237 e. The van der Waals surface area contributed by atoms with E-state index in [1.165, 1.54) is 12.8 Å². The Kier molecular flexibility index (Phi) is 4.14. The summed E-state index contributed by atoms with van der Waals surface area (Å²) in [5.41, 5.74) is 5.75. The van der Waals surface area contributed by atoms with Crippen molar-refractivity contribution in [2.75, 3.05) is 0 Å². The Hall–Kier alpha value is -0.570. The SMILES string of the molecule is CCCC[C@H](N)C(=O)NC(C)(C)C1CC1. The summed E-state index contributed by atoms with van der Waals surface area (Å²) in [7, 11) is 0. The summed E-state index contributed by atoms with van der Waals surface area (Å²) >= 11 is 0. The fourth-order valence-corrected chi connectivity index (χ4v) is 1.87. The standard InChI is InChI=1S/C12H24N2O/c1-4-5-6-10(13)11(15)14-12(2,3)9-7-8-9/h9-10H,4-8,13H2,1-3H3,(H,14,15)/t10-/m0/s1. The van der Waals surface area contributed by atoms with Crippen LogP contribution in [0.3, 0.4) is 0 Å². The summed E-state index contributed by atoms with van der Waals surface area (Å²) < 4.78 is 0. The third kappa shape index (κ3) is 3.82. The minimum atomic E-state index is -0.331. The van der Waals surface area contributed by atoms with Gasteiger partial charge in [0.05, 0.1) is 6.04 Å². The van der Waals surface area contributed by atoms with Crippen molar-refractivity contribution in [3.05, 3.63) is 0 Å². The molecule has 1 atom stereocenters. The average molecular weight is 212 g/mol. The van der Waals surface area contributed by atoms with Gasteiger partial charge >= 0.3 is 0 Å². The van der Waals surface area contributed by atoms with Crippen LogP contribution in [-0.2, 0) is 4.79 Å². The van der Waals surface area contributed by atoms with Crippen molar-refractivity contribution in [2.24, 2.45) is 11.7 Å². The van der Waals surface area contributed by atoms with E-state index in [2.05, 4.69) is 26.1 Å². The van der Waals surface area contributed by atoms with Gasteiger partial charge in [0, 0.05) is 5.54 Å². The molecular weight excluding hydrogens is 188 g/mol. The van der Waals surface area contributed by atoms with Crippen molar-refractivity contribution in [2.45, 2.75) is 64.5 Å². The van der Waals surface area contributed by atoms with Gasteiger partial charge in [-0.2, -0.15) is 0 Å². The van der Waals surface area contributed by atoms with Crippen LogP contribution in [0.2, 0.25) is 0 Å². The molecule has 0 spiro atoms. The molecule has 1 rings (SSSR count).